The van der Waals surface area contributed by atoms with Gasteiger partial charge in [-0.15, -0.1) is 5.10 Å². The van der Waals surface area contributed by atoms with E-state index in [2.05, 4.69) is 15.1 Å². The Bertz CT molecular complexity index is 912. The Hall–Kier alpha value is -2.72. The molecule has 4 heterocycles. The smallest absolute Gasteiger partial charge is 0.238 e. The summed E-state index contributed by atoms with van der Waals surface area (Å²) in [5.41, 5.74) is 5.23. The maximum atomic E-state index is 13.7. The number of anilines is 1. The fourth-order valence-electron chi connectivity index (χ4n) is 2.46. The van der Waals surface area contributed by atoms with Crippen LogP contribution in [0.3, 0.4) is 0 Å². The molecule has 3 aromatic heterocycles. The van der Waals surface area contributed by atoms with Gasteiger partial charge in [-0.3, -0.25) is 0 Å². The molecule has 1 unspecified atom stereocenters. The Morgan fingerprint density at radius 3 is 2.58 bits per heavy atom. The highest BCUT2D eigenvalue weighted by molar-refractivity contribution is 5.64. The van der Waals surface area contributed by atoms with E-state index in [4.69, 9.17) is 15.6 Å². The van der Waals surface area contributed by atoms with Gasteiger partial charge in [0.25, 0.3) is 0 Å². The van der Waals surface area contributed by atoms with Crippen LogP contribution in [-0.4, -0.2) is 44.0 Å². The topological polar surface area (TPSA) is 98.6 Å². The van der Waals surface area contributed by atoms with Crippen molar-refractivity contribution in [2.75, 3.05) is 18.9 Å². The van der Waals surface area contributed by atoms with Crippen molar-refractivity contribution < 1.29 is 23.0 Å². The van der Waals surface area contributed by atoms with Crippen molar-refractivity contribution in [1.29, 1.82) is 0 Å². The zero-order valence-corrected chi connectivity index (χ0v) is 13.6. The lowest BCUT2D eigenvalue weighted by Crippen LogP contribution is -2.21. The molecule has 7 nitrogen and oxygen atoms in total. The molecule has 10 heteroatoms. The molecule has 138 valence electrons. The van der Waals surface area contributed by atoms with Gasteiger partial charge in [-0.1, -0.05) is 0 Å². The lowest BCUT2D eigenvalue weighted by atomic mass is 10.2. The number of pyridine rings is 1. The normalized spacial score (nSPS) is 17.0. The van der Waals surface area contributed by atoms with Crippen LogP contribution in [0.25, 0.3) is 16.9 Å². The largest absolute Gasteiger partial charge is 0.391 e. The van der Waals surface area contributed by atoms with Gasteiger partial charge in [-0.2, -0.15) is 0 Å². The average Bonchev–Trinajstić information content (AvgIpc) is 2.92. The molecule has 0 amide bonds. The summed E-state index contributed by atoms with van der Waals surface area (Å²) in [5, 5.41) is 12.6. The molecule has 0 saturated carbocycles. The molecule has 0 bridgehead atoms. The summed E-state index contributed by atoms with van der Waals surface area (Å²) in [6, 6.07) is 1.69. The first-order chi connectivity index (χ1) is 12.5. The van der Waals surface area contributed by atoms with E-state index < -0.39 is 17.5 Å². The van der Waals surface area contributed by atoms with Gasteiger partial charge < -0.3 is 15.6 Å². The first-order valence-electron chi connectivity index (χ1n) is 7.82. The van der Waals surface area contributed by atoms with Gasteiger partial charge in [-0.25, -0.2) is 27.7 Å². The summed E-state index contributed by atoms with van der Waals surface area (Å²) < 4.78 is 46.1. The summed E-state index contributed by atoms with van der Waals surface area (Å²) in [6.07, 6.45) is 3.75. The number of ether oxygens (including phenoxy) is 1. The molecule has 1 aliphatic rings. The number of fused-ring (bicyclic) bond motifs is 1. The third-order valence-corrected chi connectivity index (χ3v) is 3.67. The second-order valence-electron chi connectivity index (χ2n) is 5.65. The number of nitrogens with zero attached hydrogens (tertiary/aromatic N) is 4. The van der Waals surface area contributed by atoms with Crippen LogP contribution in [-0.2, 0) is 4.74 Å². The van der Waals surface area contributed by atoms with Crippen molar-refractivity contribution in [3.05, 3.63) is 42.0 Å². The standard InChI is InChI=1S/C11H6F3N5.C5H10O2/c12-5-1-7(14)10(16-3-5)8-2-6(13)9-4-17-11(15)18-19(8)9;6-5-2-1-3-7-4-5/h1-4H,(H2,15,18);5-6H,1-4H2. The minimum absolute atomic E-state index is 0.0229. The van der Waals surface area contributed by atoms with Crippen LogP contribution in [0.1, 0.15) is 12.8 Å². The third-order valence-electron chi connectivity index (χ3n) is 3.67. The van der Waals surface area contributed by atoms with Gasteiger partial charge in [0.1, 0.15) is 17.0 Å². The molecular formula is C16H16F3N5O2. The third kappa shape index (κ3) is 3.92. The predicted molar refractivity (Wildman–Crippen MR) is 86.6 cm³/mol. The molecule has 0 spiro atoms. The number of aliphatic hydroxyl groups is 1. The van der Waals surface area contributed by atoms with Crippen molar-refractivity contribution in [1.82, 2.24) is 19.6 Å². The van der Waals surface area contributed by atoms with Crippen molar-refractivity contribution in [3.8, 4) is 11.4 Å². The molecule has 0 radical (unpaired) electrons. The second-order valence-corrected chi connectivity index (χ2v) is 5.65. The van der Waals surface area contributed by atoms with Crippen molar-refractivity contribution in [2.24, 2.45) is 0 Å². The molecule has 1 atom stereocenters. The van der Waals surface area contributed by atoms with E-state index in [1.807, 2.05) is 0 Å². The van der Waals surface area contributed by atoms with Crippen molar-refractivity contribution in [3.63, 3.8) is 0 Å². The molecule has 0 aromatic carbocycles. The summed E-state index contributed by atoms with van der Waals surface area (Å²) in [6.45, 7) is 1.37. The zero-order valence-electron chi connectivity index (χ0n) is 13.6. The molecule has 3 N–H and O–H groups in total. The van der Waals surface area contributed by atoms with E-state index >= 15 is 0 Å². The number of hydrogen-bond acceptors (Lipinski definition) is 6. The van der Waals surface area contributed by atoms with Crippen LogP contribution in [0, 0.1) is 17.5 Å². The number of hydrogen-bond donors (Lipinski definition) is 2. The van der Waals surface area contributed by atoms with Gasteiger partial charge in [0.15, 0.2) is 11.6 Å². The minimum Gasteiger partial charge on any atom is -0.391 e. The number of aliphatic hydroxyl groups excluding tert-OH is 1. The van der Waals surface area contributed by atoms with Gasteiger partial charge in [-0.05, 0) is 12.8 Å². The van der Waals surface area contributed by atoms with E-state index in [-0.39, 0.29) is 29.0 Å². The first kappa shape index (κ1) is 18.1. The molecule has 4 rings (SSSR count). The Labute approximate surface area is 146 Å². The van der Waals surface area contributed by atoms with Gasteiger partial charge in [0.2, 0.25) is 5.95 Å². The van der Waals surface area contributed by atoms with Crippen LogP contribution in [0.2, 0.25) is 0 Å². The maximum absolute atomic E-state index is 13.7. The quantitative estimate of drug-likeness (QED) is 0.682. The first-order valence-corrected chi connectivity index (χ1v) is 7.82. The highest BCUT2D eigenvalue weighted by Gasteiger charge is 2.17. The summed E-state index contributed by atoms with van der Waals surface area (Å²) in [4.78, 5) is 7.25. The summed E-state index contributed by atoms with van der Waals surface area (Å²) in [7, 11) is 0. The Balaban J connectivity index is 0.000000236. The molecule has 1 saturated heterocycles. The summed E-state index contributed by atoms with van der Waals surface area (Å²) in [5.74, 6) is -2.50. The molecule has 3 aromatic rings. The predicted octanol–water partition coefficient (Wildman–Crippen LogP) is 1.95. The van der Waals surface area contributed by atoms with E-state index in [1.165, 1.54) is 6.20 Å². The number of nitrogen functional groups attached to an aromatic ring is 1. The number of rotatable bonds is 1. The Kier molecular flexibility index (Phi) is 5.33. The SMILES string of the molecule is Nc1ncc2c(F)cc(-c3ncc(F)cc3F)n2n1.OC1CCCOC1. The minimum atomic E-state index is -0.920. The van der Waals surface area contributed by atoms with E-state index in [0.29, 0.717) is 12.7 Å². The van der Waals surface area contributed by atoms with Crippen LogP contribution in [0.5, 0.6) is 0 Å². The van der Waals surface area contributed by atoms with Crippen LogP contribution >= 0.6 is 0 Å². The van der Waals surface area contributed by atoms with Gasteiger partial charge in [0, 0.05) is 18.7 Å². The Morgan fingerprint density at radius 1 is 1.15 bits per heavy atom. The number of halogens is 3. The molecule has 1 aliphatic heterocycles. The number of aromatic nitrogens is 4. The monoisotopic (exact) mass is 367 g/mol. The molecular weight excluding hydrogens is 351 g/mol. The molecule has 1 fully saturated rings. The fourth-order valence-corrected chi connectivity index (χ4v) is 2.46. The van der Waals surface area contributed by atoms with E-state index in [9.17, 15) is 13.2 Å². The van der Waals surface area contributed by atoms with Crippen LogP contribution in [0.4, 0.5) is 19.1 Å². The maximum Gasteiger partial charge on any atom is 0.238 e. The summed E-state index contributed by atoms with van der Waals surface area (Å²) >= 11 is 0. The highest BCUT2D eigenvalue weighted by Crippen LogP contribution is 2.25. The average molecular weight is 367 g/mol. The van der Waals surface area contributed by atoms with E-state index in [1.54, 1.807) is 0 Å². The van der Waals surface area contributed by atoms with E-state index in [0.717, 1.165) is 36.2 Å². The van der Waals surface area contributed by atoms with Crippen LogP contribution in [0.15, 0.2) is 24.5 Å². The lowest BCUT2D eigenvalue weighted by molar-refractivity contribution is -0.00535. The molecule has 0 aliphatic carbocycles. The van der Waals surface area contributed by atoms with Gasteiger partial charge in [0.05, 0.1) is 30.8 Å². The lowest BCUT2D eigenvalue weighted by Gasteiger charge is -2.15. The van der Waals surface area contributed by atoms with Crippen LogP contribution < -0.4 is 5.73 Å². The zero-order chi connectivity index (χ0) is 18.7. The van der Waals surface area contributed by atoms with Crippen molar-refractivity contribution >= 4 is 11.5 Å². The number of nitrogens with two attached hydrogens (primary N) is 1. The second kappa shape index (κ2) is 7.67. The molecule has 26 heavy (non-hydrogen) atoms. The highest BCUT2D eigenvalue weighted by atomic mass is 19.1. The van der Waals surface area contributed by atoms with Gasteiger partial charge >= 0.3 is 0 Å². The Morgan fingerprint density at radius 2 is 1.96 bits per heavy atom. The fraction of sp³-hybridized carbons (Fsp3) is 0.312. The van der Waals surface area contributed by atoms with Crippen molar-refractivity contribution in [2.45, 2.75) is 18.9 Å².